The summed E-state index contributed by atoms with van der Waals surface area (Å²) < 4.78 is 0. The molecule has 0 spiro atoms. The van der Waals surface area contributed by atoms with E-state index in [1.165, 1.54) is 0 Å². The Morgan fingerprint density at radius 3 is 2.09 bits per heavy atom. The lowest BCUT2D eigenvalue weighted by atomic mass is 9.99. The van der Waals surface area contributed by atoms with Crippen LogP contribution in [-0.4, -0.2) is 11.1 Å². The molecule has 11 heavy (non-hydrogen) atoms. The summed E-state index contributed by atoms with van der Waals surface area (Å²) in [5, 5.41) is 8.81. The molecule has 1 fully saturated rings. The van der Waals surface area contributed by atoms with Gasteiger partial charge in [0, 0.05) is 5.41 Å². The Labute approximate surface area is 66.9 Å². The molecule has 1 rings (SSSR count). The molecule has 0 aromatic rings. The predicted octanol–water partition coefficient (Wildman–Crippen LogP) is 1.92. The lowest BCUT2D eigenvalue weighted by Crippen LogP contribution is -2.04. The number of aliphatic carboxylic acids is 1. The first kappa shape index (κ1) is 8.31. The molecule has 1 saturated carbocycles. The van der Waals surface area contributed by atoms with E-state index in [-0.39, 0.29) is 16.7 Å². The highest BCUT2D eigenvalue weighted by molar-refractivity contribution is 5.77. The Hall–Kier alpha value is -0.790. The quantitative estimate of drug-likeness (QED) is 0.617. The smallest absolute Gasteiger partial charge is 0.307 e. The third-order valence-electron chi connectivity index (χ3n) is 3.30. The zero-order chi connectivity index (χ0) is 8.86. The summed E-state index contributed by atoms with van der Waals surface area (Å²) in [6.45, 7) is 9.53. The van der Waals surface area contributed by atoms with Crippen molar-refractivity contribution in [3.05, 3.63) is 12.7 Å². The maximum absolute atomic E-state index is 10.7. The third kappa shape index (κ3) is 0.753. The first-order valence-corrected chi connectivity index (χ1v) is 3.74. The van der Waals surface area contributed by atoms with Crippen LogP contribution in [0, 0.1) is 16.7 Å². The van der Waals surface area contributed by atoms with Crippen LogP contribution in [0.25, 0.3) is 0 Å². The van der Waals surface area contributed by atoms with Crippen LogP contribution in [0.1, 0.15) is 20.8 Å². The van der Waals surface area contributed by atoms with Crippen LogP contribution in [0.2, 0.25) is 0 Å². The summed E-state index contributed by atoms with van der Waals surface area (Å²) in [7, 11) is 0. The normalized spacial score (nSPS) is 39.7. The number of allylic oxidation sites excluding steroid dienone is 1. The van der Waals surface area contributed by atoms with Crippen LogP contribution in [0.3, 0.4) is 0 Å². The van der Waals surface area contributed by atoms with E-state index < -0.39 is 5.97 Å². The molecular formula is C9H14O2. The van der Waals surface area contributed by atoms with Gasteiger partial charge in [-0.05, 0) is 5.41 Å². The number of carbonyl (C=O) groups is 1. The lowest BCUT2D eigenvalue weighted by molar-refractivity contribution is -0.139. The van der Waals surface area contributed by atoms with Gasteiger partial charge in [0.2, 0.25) is 0 Å². The SMILES string of the molecule is C=CC1(C)C(C(=O)O)C1(C)C. The van der Waals surface area contributed by atoms with Crippen molar-refractivity contribution in [1.29, 1.82) is 0 Å². The highest BCUT2D eigenvalue weighted by Gasteiger charge is 2.69. The molecule has 1 aliphatic rings. The molecule has 2 unspecified atom stereocenters. The Kier molecular flexibility index (Phi) is 1.41. The second-order valence-corrected chi connectivity index (χ2v) is 3.98. The van der Waals surface area contributed by atoms with E-state index in [9.17, 15) is 4.79 Å². The summed E-state index contributed by atoms with van der Waals surface area (Å²) >= 11 is 0. The predicted molar refractivity (Wildman–Crippen MR) is 43.2 cm³/mol. The Bertz CT molecular complexity index is 218. The molecular weight excluding hydrogens is 140 g/mol. The maximum Gasteiger partial charge on any atom is 0.307 e. The molecule has 1 aliphatic carbocycles. The fourth-order valence-corrected chi connectivity index (χ4v) is 1.96. The molecule has 0 aliphatic heterocycles. The van der Waals surface area contributed by atoms with Gasteiger partial charge in [-0.1, -0.05) is 26.8 Å². The van der Waals surface area contributed by atoms with E-state index in [0.717, 1.165) is 0 Å². The van der Waals surface area contributed by atoms with E-state index in [1.54, 1.807) is 6.08 Å². The standard InChI is InChI=1S/C9H14O2/c1-5-9(4)6(7(10)11)8(9,2)3/h5-6H,1H2,2-4H3,(H,10,11). The molecule has 0 amide bonds. The van der Waals surface area contributed by atoms with E-state index in [2.05, 4.69) is 6.58 Å². The summed E-state index contributed by atoms with van der Waals surface area (Å²) in [4.78, 5) is 10.7. The van der Waals surface area contributed by atoms with E-state index in [0.29, 0.717) is 0 Å². The molecule has 2 atom stereocenters. The molecule has 62 valence electrons. The zero-order valence-corrected chi connectivity index (χ0v) is 7.22. The zero-order valence-electron chi connectivity index (χ0n) is 7.22. The lowest BCUT2D eigenvalue weighted by Gasteiger charge is -2.05. The topological polar surface area (TPSA) is 37.3 Å². The summed E-state index contributed by atoms with van der Waals surface area (Å²) in [5.74, 6) is -0.968. The number of hydrogen-bond donors (Lipinski definition) is 1. The van der Waals surface area contributed by atoms with Gasteiger partial charge in [0.1, 0.15) is 0 Å². The van der Waals surface area contributed by atoms with Gasteiger partial charge in [0.05, 0.1) is 5.92 Å². The van der Waals surface area contributed by atoms with Crippen LogP contribution >= 0.6 is 0 Å². The van der Waals surface area contributed by atoms with Gasteiger partial charge in [-0.2, -0.15) is 0 Å². The summed E-state index contributed by atoms with van der Waals surface area (Å²) in [6.07, 6.45) is 1.76. The minimum absolute atomic E-state index is 0.124. The fourth-order valence-electron chi connectivity index (χ4n) is 1.96. The molecule has 2 nitrogen and oxygen atoms in total. The largest absolute Gasteiger partial charge is 0.481 e. The Morgan fingerprint density at radius 2 is 2.00 bits per heavy atom. The van der Waals surface area contributed by atoms with E-state index in [1.807, 2.05) is 20.8 Å². The second kappa shape index (κ2) is 1.87. The van der Waals surface area contributed by atoms with Gasteiger partial charge in [-0.3, -0.25) is 4.79 Å². The average molecular weight is 154 g/mol. The van der Waals surface area contributed by atoms with Crippen molar-refractivity contribution in [3.8, 4) is 0 Å². The molecule has 2 heteroatoms. The van der Waals surface area contributed by atoms with Gasteiger partial charge < -0.3 is 5.11 Å². The van der Waals surface area contributed by atoms with Gasteiger partial charge in [0.15, 0.2) is 0 Å². The number of carboxylic acids is 1. The highest BCUT2D eigenvalue weighted by atomic mass is 16.4. The highest BCUT2D eigenvalue weighted by Crippen LogP contribution is 2.69. The molecule has 0 aromatic heterocycles. The minimum Gasteiger partial charge on any atom is -0.481 e. The summed E-state index contributed by atoms with van der Waals surface area (Å²) in [5.41, 5.74) is -0.334. The van der Waals surface area contributed by atoms with Crippen LogP contribution in [-0.2, 0) is 4.79 Å². The van der Waals surface area contributed by atoms with E-state index >= 15 is 0 Å². The summed E-state index contributed by atoms with van der Waals surface area (Å²) in [6, 6.07) is 0. The fraction of sp³-hybridized carbons (Fsp3) is 0.667. The van der Waals surface area contributed by atoms with Crippen LogP contribution in [0.4, 0.5) is 0 Å². The monoisotopic (exact) mass is 154 g/mol. The van der Waals surface area contributed by atoms with Crippen molar-refractivity contribution in [2.75, 3.05) is 0 Å². The van der Waals surface area contributed by atoms with Gasteiger partial charge in [-0.15, -0.1) is 6.58 Å². The molecule has 0 saturated heterocycles. The second-order valence-electron chi connectivity index (χ2n) is 3.98. The van der Waals surface area contributed by atoms with Crippen molar-refractivity contribution in [2.24, 2.45) is 16.7 Å². The van der Waals surface area contributed by atoms with E-state index in [4.69, 9.17) is 5.11 Å². The number of rotatable bonds is 2. The number of carboxylic acid groups (broad SMARTS) is 1. The maximum atomic E-state index is 10.7. The molecule has 1 N–H and O–H groups in total. The van der Waals surface area contributed by atoms with Crippen molar-refractivity contribution < 1.29 is 9.90 Å². The first-order valence-electron chi connectivity index (χ1n) is 3.74. The number of hydrogen-bond acceptors (Lipinski definition) is 1. The van der Waals surface area contributed by atoms with Crippen molar-refractivity contribution in [1.82, 2.24) is 0 Å². The average Bonchev–Trinajstić information content (AvgIpc) is 2.29. The Morgan fingerprint density at radius 1 is 1.55 bits per heavy atom. The van der Waals surface area contributed by atoms with Crippen LogP contribution in [0.5, 0.6) is 0 Å². The van der Waals surface area contributed by atoms with Crippen molar-refractivity contribution >= 4 is 5.97 Å². The van der Waals surface area contributed by atoms with Crippen LogP contribution in [0.15, 0.2) is 12.7 Å². The van der Waals surface area contributed by atoms with Crippen molar-refractivity contribution in [2.45, 2.75) is 20.8 Å². The minimum atomic E-state index is -0.711. The Balaban J connectivity index is 2.92. The molecule has 0 radical (unpaired) electrons. The first-order chi connectivity index (χ1) is 4.88. The third-order valence-corrected chi connectivity index (χ3v) is 3.30. The molecule has 0 bridgehead atoms. The molecule has 0 heterocycles. The van der Waals surface area contributed by atoms with Gasteiger partial charge in [-0.25, -0.2) is 0 Å². The van der Waals surface area contributed by atoms with Crippen molar-refractivity contribution in [3.63, 3.8) is 0 Å². The molecule has 0 aromatic carbocycles. The van der Waals surface area contributed by atoms with Gasteiger partial charge in [0.25, 0.3) is 0 Å². The van der Waals surface area contributed by atoms with Gasteiger partial charge >= 0.3 is 5.97 Å². The van der Waals surface area contributed by atoms with Crippen LogP contribution < -0.4 is 0 Å².